The molecular weight excluding hydrogens is 330 g/mol. The van der Waals surface area contributed by atoms with E-state index in [0.29, 0.717) is 12.2 Å². The molecule has 0 N–H and O–H groups in total. The number of likely N-dealkylation sites (tertiary alicyclic amines) is 1. The van der Waals surface area contributed by atoms with Crippen LogP contribution in [0.3, 0.4) is 0 Å². The van der Waals surface area contributed by atoms with Crippen molar-refractivity contribution in [3.8, 4) is 0 Å². The zero-order valence-corrected chi connectivity index (χ0v) is 16.0. The second-order valence-electron chi connectivity index (χ2n) is 7.09. The second-order valence-corrected chi connectivity index (χ2v) is 7.09. The minimum absolute atomic E-state index is 0.0375. The number of hydrogen-bond donors (Lipinski definition) is 0. The van der Waals surface area contributed by atoms with Gasteiger partial charge >= 0.3 is 0 Å². The lowest BCUT2D eigenvalue weighted by Crippen LogP contribution is -2.38. The monoisotopic (exact) mass is 357 g/mol. The Morgan fingerprint density at radius 3 is 2.69 bits per heavy atom. The normalized spacial score (nSPS) is 17.4. The van der Waals surface area contributed by atoms with Crippen LogP contribution in [0, 0.1) is 6.92 Å². The van der Waals surface area contributed by atoms with E-state index < -0.39 is 0 Å². The SMILES string of the molecule is CC(=O)N1CCCC[C@@H]1c1ccc(C(=O)N(C)Cc2ccoc2C)n1C. The summed E-state index contributed by atoms with van der Waals surface area (Å²) in [6.45, 7) is 4.81. The molecule has 3 rings (SSSR count). The summed E-state index contributed by atoms with van der Waals surface area (Å²) in [6.07, 6.45) is 4.72. The minimum atomic E-state index is -0.0375. The zero-order chi connectivity index (χ0) is 18.8. The van der Waals surface area contributed by atoms with Crippen molar-refractivity contribution in [1.29, 1.82) is 0 Å². The van der Waals surface area contributed by atoms with Gasteiger partial charge in [-0.05, 0) is 44.4 Å². The van der Waals surface area contributed by atoms with Gasteiger partial charge in [0.25, 0.3) is 5.91 Å². The summed E-state index contributed by atoms with van der Waals surface area (Å²) < 4.78 is 7.25. The van der Waals surface area contributed by atoms with Gasteiger partial charge in [0.15, 0.2) is 0 Å². The van der Waals surface area contributed by atoms with Gasteiger partial charge in [-0.3, -0.25) is 9.59 Å². The third kappa shape index (κ3) is 3.41. The topological polar surface area (TPSA) is 58.7 Å². The van der Waals surface area contributed by atoms with Gasteiger partial charge in [-0.15, -0.1) is 0 Å². The van der Waals surface area contributed by atoms with Gasteiger partial charge in [-0.1, -0.05) is 0 Å². The fourth-order valence-corrected chi connectivity index (χ4v) is 3.79. The molecule has 2 aromatic heterocycles. The number of piperidine rings is 1. The molecule has 1 aliphatic heterocycles. The van der Waals surface area contributed by atoms with Gasteiger partial charge in [0.2, 0.25) is 5.91 Å². The standard InChI is InChI=1S/C20H27N3O3/c1-14-16(10-12-26-14)13-21(3)20(25)19-9-8-17(22(19)4)18-7-5-6-11-23(18)15(2)24/h8-10,12,18H,5-7,11,13H2,1-4H3/t18-/m1/s1. The molecule has 1 fully saturated rings. The van der Waals surface area contributed by atoms with Crippen LogP contribution in [0.2, 0.25) is 0 Å². The van der Waals surface area contributed by atoms with Crippen molar-refractivity contribution in [3.05, 3.63) is 47.2 Å². The van der Waals surface area contributed by atoms with E-state index in [-0.39, 0.29) is 17.9 Å². The Balaban J connectivity index is 1.80. The van der Waals surface area contributed by atoms with Gasteiger partial charge in [0, 0.05) is 45.4 Å². The number of aryl methyl sites for hydroxylation is 1. The maximum Gasteiger partial charge on any atom is 0.270 e. The number of furan rings is 1. The molecule has 2 amide bonds. The Bertz CT molecular complexity index is 805. The molecular formula is C20H27N3O3. The summed E-state index contributed by atoms with van der Waals surface area (Å²) in [5, 5.41) is 0. The number of aromatic nitrogens is 1. The maximum absolute atomic E-state index is 12.9. The van der Waals surface area contributed by atoms with Gasteiger partial charge in [0.1, 0.15) is 11.5 Å². The molecule has 0 spiro atoms. The Morgan fingerprint density at radius 1 is 1.27 bits per heavy atom. The first-order valence-electron chi connectivity index (χ1n) is 9.11. The summed E-state index contributed by atoms with van der Waals surface area (Å²) >= 11 is 0. The lowest BCUT2D eigenvalue weighted by atomic mass is 9.99. The van der Waals surface area contributed by atoms with Crippen molar-refractivity contribution in [2.75, 3.05) is 13.6 Å². The number of carbonyl (C=O) groups excluding carboxylic acids is 2. The predicted octanol–water partition coefficient (Wildman–Crippen LogP) is 3.27. The highest BCUT2D eigenvalue weighted by atomic mass is 16.3. The summed E-state index contributed by atoms with van der Waals surface area (Å²) in [6, 6.07) is 5.79. The van der Waals surface area contributed by atoms with E-state index in [2.05, 4.69) is 0 Å². The molecule has 26 heavy (non-hydrogen) atoms. The van der Waals surface area contributed by atoms with Crippen LogP contribution in [0.4, 0.5) is 0 Å². The Kier molecular flexibility index (Phi) is 5.20. The van der Waals surface area contributed by atoms with Crippen LogP contribution in [0.25, 0.3) is 0 Å². The van der Waals surface area contributed by atoms with Crippen molar-refractivity contribution >= 4 is 11.8 Å². The molecule has 6 heteroatoms. The third-order valence-electron chi connectivity index (χ3n) is 5.35. The Morgan fingerprint density at radius 2 is 2.04 bits per heavy atom. The van der Waals surface area contributed by atoms with Crippen molar-refractivity contribution in [2.24, 2.45) is 7.05 Å². The highest BCUT2D eigenvalue weighted by Gasteiger charge is 2.29. The van der Waals surface area contributed by atoms with E-state index in [0.717, 1.165) is 42.8 Å². The third-order valence-corrected chi connectivity index (χ3v) is 5.35. The van der Waals surface area contributed by atoms with Crippen molar-refractivity contribution in [3.63, 3.8) is 0 Å². The second kappa shape index (κ2) is 7.40. The number of nitrogens with zero attached hydrogens (tertiary/aromatic N) is 3. The zero-order valence-electron chi connectivity index (χ0n) is 16.0. The molecule has 0 radical (unpaired) electrons. The molecule has 1 aliphatic rings. The highest BCUT2D eigenvalue weighted by Crippen LogP contribution is 2.32. The summed E-state index contributed by atoms with van der Waals surface area (Å²) in [7, 11) is 3.70. The van der Waals surface area contributed by atoms with E-state index in [4.69, 9.17) is 4.42 Å². The van der Waals surface area contributed by atoms with Crippen LogP contribution < -0.4 is 0 Å². The van der Waals surface area contributed by atoms with Gasteiger partial charge < -0.3 is 18.8 Å². The molecule has 6 nitrogen and oxygen atoms in total. The number of amides is 2. The molecule has 1 atom stereocenters. The van der Waals surface area contributed by atoms with Gasteiger partial charge in [0.05, 0.1) is 12.3 Å². The smallest absolute Gasteiger partial charge is 0.270 e. The average Bonchev–Trinajstić information content (AvgIpc) is 3.20. The molecule has 0 aromatic carbocycles. The maximum atomic E-state index is 12.9. The fraction of sp³-hybridized carbons (Fsp3) is 0.500. The number of rotatable bonds is 4. The quantitative estimate of drug-likeness (QED) is 0.844. The summed E-state index contributed by atoms with van der Waals surface area (Å²) in [4.78, 5) is 28.5. The van der Waals surface area contributed by atoms with Crippen molar-refractivity contribution < 1.29 is 14.0 Å². The van der Waals surface area contributed by atoms with E-state index in [1.54, 1.807) is 25.1 Å². The molecule has 3 heterocycles. The first kappa shape index (κ1) is 18.3. The largest absolute Gasteiger partial charge is 0.469 e. The Labute approximate surface area is 154 Å². The molecule has 0 saturated carbocycles. The van der Waals surface area contributed by atoms with Crippen LogP contribution in [-0.2, 0) is 18.4 Å². The predicted molar refractivity (Wildman–Crippen MR) is 98.6 cm³/mol. The van der Waals surface area contributed by atoms with Crippen molar-refractivity contribution in [2.45, 2.75) is 45.7 Å². The molecule has 0 bridgehead atoms. The minimum Gasteiger partial charge on any atom is -0.469 e. The van der Waals surface area contributed by atoms with E-state index >= 15 is 0 Å². The van der Waals surface area contributed by atoms with E-state index in [9.17, 15) is 9.59 Å². The number of hydrogen-bond acceptors (Lipinski definition) is 3. The van der Waals surface area contributed by atoms with Crippen LogP contribution >= 0.6 is 0 Å². The average molecular weight is 357 g/mol. The highest BCUT2D eigenvalue weighted by molar-refractivity contribution is 5.92. The molecule has 1 saturated heterocycles. The van der Waals surface area contributed by atoms with Gasteiger partial charge in [-0.25, -0.2) is 0 Å². The first-order chi connectivity index (χ1) is 12.4. The van der Waals surface area contributed by atoms with E-state index in [1.807, 2.05) is 41.6 Å². The fourth-order valence-electron chi connectivity index (χ4n) is 3.79. The molecule has 2 aromatic rings. The summed E-state index contributed by atoms with van der Waals surface area (Å²) in [5.41, 5.74) is 2.67. The first-order valence-corrected chi connectivity index (χ1v) is 9.11. The van der Waals surface area contributed by atoms with Crippen molar-refractivity contribution in [1.82, 2.24) is 14.4 Å². The molecule has 140 valence electrons. The van der Waals surface area contributed by atoms with Crippen LogP contribution in [0.15, 0.2) is 28.9 Å². The van der Waals surface area contributed by atoms with Gasteiger partial charge in [-0.2, -0.15) is 0 Å². The molecule has 0 aliphatic carbocycles. The van der Waals surface area contributed by atoms with Crippen LogP contribution in [0.5, 0.6) is 0 Å². The Hall–Kier alpha value is -2.50. The van der Waals surface area contributed by atoms with E-state index in [1.165, 1.54) is 0 Å². The molecule has 0 unspecified atom stereocenters. The van der Waals surface area contributed by atoms with Crippen LogP contribution in [-0.4, -0.2) is 39.8 Å². The van der Waals surface area contributed by atoms with Crippen LogP contribution in [0.1, 0.15) is 59.7 Å². The lowest BCUT2D eigenvalue weighted by molar-refractivity contribution is -0.132. The summed E-state index contributed by atoms with van der Waals surface area (Å²) in [5.74, 6) is 0.886. The lowest BCUT2D eigenvalue weighted by Gasteiger charge is -2.35. The number of carbonyl (C=O) groups is 2.